The fourth-order valence-electron chi connectivity index (χ4n) is 1.40. The number of aromatic nitrogens is 1. The number of fused-ring (bicyclic) bond motifs is 1. The predicted molar refractivity (Wildman–Crippen MR) is 56.3 cm³/mol. The number of benzene rings is 1. The van der Waals surface area contributed by atoms with Crippen molar-refractivity contribution in [2.75, 3.05) is 0 Å². The highest BCUT2D eigenvalue weighted by Gasteiger charge is 2.06. The van der Waals surface area contributed by atoms with E-state index >= 15 is 0 Å². The molecule has 1 heterocycles. The first-order valence-corrected chi connectivity index (χ1v) is 4.56. The number of nitrogens with zero attached hydrogens (tertiary/aromatic N) is 2. The molecule has 72 valence electrons. The molecule has 3 heteroatoms. The molecule has 0 saturated heterocycles. The first-order chi connectivity index (χ1) is 7.31. The van der Waals surface area contributed by atoms with Crippen LogP contribution in [-0.4, -0.2) is 10.8 Å². The van der Waals surface area contributed by atoms with Gasteiger partial charge in [-0.2, -0.15) is 5.26 Å². The van der Waals surface area contributed by atoms with Crippen molar-refractivity contribution >= 4 is 16.6 Å². The third-order valence-electron chi connectivity index (χ3n) is 2.16. The van der Waals surface area contributed by atoms with Gasteiger partial charge in [0.1, 0.15) is 12.1 Å². The molecule has 2 rings (SSSR count). The maximum absolute atomic E-state index is 11.4. The van der Waals surface area contributed by atoms with Crippen molar-refractivity contribution in [3.05, 3.63) is 42.2 Å². The Bertz CT molecular complexity index is 555. The van der Waals surface area contributed by atoms with Gasteiger partial charge in [0.25, 0.3) is 0 Å². The second kappa shape index (κ2) is 3.89. The van der Waals surface area contributed by atoms with E-state index in [1.165, 1.54) is 0 Å². The Hall–Kier alpha value is -2.21. The maximum atomic E-state index is 11.4. The summed E-state index contributed by atoms with van der Waals surface area (Å²) in [6.45, 7) is 0. The summed E-state index contributed by atoms with van der Waals surface area (Å²) in [6, 6.07) is 11.2. The van der Waals surface area contributed by atoms with Gasteiger partial charge in [-0.25, -0.2) is 0 Å². The molecule has 2 aromatic rings. The van der Waals surface area contributed by atoms with E-state index in [0.717, 1.165) is 10.8 Å². The van der Waals surface area contributed by atoms with Gasteiger partial charge in [-0.3, -0.25) is 9.78 Å². The fourth-order valence-corrected chi connectivity index (χ4v) is 1.40. The lowest BCUT2D eigenvalue weighted by atomic mass is 10.1. The average molecular weight is 196 g/mol. The number of rotatable bonds is 2. The van der Waals surface area contributed by atoms with Crippen molar-refractivity contribution in [2.24, 2.45) is 0 Å². The minimum atomic E-state index is -0.233. The number of nitriles is 1. The highest BCUT2D eigenvalue weighted by atomic mass is 16.1. The van der Waals surface area contributed by atoms with E-state index < -0.39 is 0 Å². The Morgan fingerprint density at radius 2 is 2.07 bits per heavy atom. The van der Waals surface area contributed by atoms with Gasteiger partial charge < -0.3 is 0 Å². The number of pyridine rings is 1. The first-order valence-electron chi connectivity index (χ1n) is 4.56. The van der Waals surface area contributed by atoms with Crippen LogP contribution in [0.5, 0.6) is 0 Å². The van der Waals surface area contributed by atoms with Gasteiger partial charge in [-0.1, -0.05) is 24.3 Å². The molecule has 0 amide bonds. The van der Waals surface area contributed by atoms with Crippen LogP contribution in [0.15, 0.2) is 36.5 Å². The van der Waals surface area contributed by atoms with Crippen molar-refractivity contribution < 1.29 is 4.79 Å². The fraction of sp³-hybridized carbons (Fsp3) is 0.0833. The Kier molecular flexibility index (Phi) is 2.42. The number of carbonyl (C=O) groups is 1. The molecule has 0 N–H and O–H groups in total. The van der Waals surface area contributed by atoms with Crippen LogP contribution in [-0.2, 0) is 0 Å². The van der Waals surface area contributed by atoms with Gasteiger partial charge in [0.15, 0.2) is 5.78 Å². The number of carbonyl (C=O) groups excluding carboxylic acids is 1. The molecule has 0 radical (unpaired) electrons. The molecule has 15 heavy (non-hydrogen) atoms. The number of hydrogen-bond acceptors (Lipinski definition) is 3. The van der Waals surface area contributed by atoms with E-state index in [-0.39, 0.29) is 12.2 Å². The molecule has 1 aromatic heterocycles. The third-order valence-corrected chi connectivity index (χ3v) is 2.16. The lowest BCUT2D eigenvalue weighted by Gasteiger charge is -1.99. The summed E-state index contributed by atoms with van der Waals surface area (Å²) in [6.07, 6.45) is 1.53. The zero-order valence-electron chi connectivity index (χ0n) is 7.97. The van der Waals surface area contributed by atoms with Gasteiger partial charge in [0.2, 0.25) is 0 Å². The summed E-state index contributed by atoms with van der Waals surface area (Å²) in [5, 5.41) is 10.4. The average Bonchev–Trinajstić information content (AvgIpc) is 2.29. The van der Waals surface area contributed by atoms with Gasteiger partial charge >= 0.3 is 0 Å². The number of Topliss-reactive ketones (excluding diaryl/α,β-unsaturated/α-hetero) is 1. The van der Waals surface area contributed by atoms with Gasteiger partial charge in [-0.15, -0.1) is 0 Å². The van der Waals surface area contributed by atoms with E-state index in [0.29, 0.717) is 5.69 Å². The molecular weight excluding hydrogens is 188 g/mol. The highest BCUT2D eigenvalue weighted by molar-refractivity contribution is 5.98. The smallest absolute Gasteiger partial charge is 0.195 e. The van der Waals surface area contributed by atoms with E-state index in [1.54, 1.807) is 12.3 Å². The molecule has 0 unspecified atom stereocenters. The quantitative estimate of drug-likeness (QED) is 0.692. The Morgan fingerprint density at radius 3 is 2.80 bits per heavy atom. The molecule has 0 fully saturated rings. The van der Waals surface area contributed by atoms with Crippen molar-refractivity contribution in [3.8, 4) is 6.07 Å². The van der Waals surface area contributed by atoms with E-state index in [9.17, 15) is 4.79 Å². The molecule has 0 aliphatic rings. The molecule has 3 nitrogen and oxygen atoms in total. The lowest BCUT2D eigenvalue weighted by molar-refractivity contribution is 0.0993. The van der Waals surface area contributed by atoms with Crippen molar-refractivity contribution in [3.63, 3.8) is 0 Å². The summed E-state index contributed by atoms with van der Waals surface area (Å²) in [5.41, 5.74) is 0.357. The van der Waals surface area contributed by atoms with Crippen LogP contribution >= 0.6 is 0 Å². The molecule has 0 aliphatic carbocycles. The van der Waals surface area contributed by atoms with Gasteiger partial charge in [-0.05, 0) is 11.5 Å². The summed E-state index contributed by atoms with van der Waals surface area (Å²) in [7, 11) is 0. The SMILES string of the molecule is N#CCC(=O)c1cc2ccccc2cn1. The second-order valence-corrected chi connectivity index (χ2v) is 3.17. The topological polar surface area (TPSA) is 53.8 Å². The molecular formula is C12H8N2O. The third kappa shape index (κ3) is 1.84. The molecule has 0 spiro atoms. The number of ketones is 1. The standard InChI is InChI=1S/C12H8N2O/c13-6-5-12(15)11-7-9-3-1-2-4-10(9)8-14-11/h1-4,7-8H,5H2. The molecule has 0 saturated carbocycles. The van der Waals surface area contributed by atoms with Crippen molar-refractivity contribution in [1.82, 2.24) is 4.98 Å². The van der Waals surface area contributed by atoms with Gasteiger partial charge in [0.05, 0.1) is 6.07 Å². The summed E-state index contributed by atoms with van der Waals surface area (Å²) in [5.74, 6) is -0.233. The predicted octanol–water partition coefficient (Wildman–Crippen LogP) is 2.33. The van der Waals surface area contributed by atoms with Crippen molar-refractivity contribution in [2.45, 2.75) is 6.42 Å². The minimum absolute atomic E-state index is 0.120. The molecule has 0 bridgehead atoms. The minimum Gasteiger partial charge on any atom is -0.291 e. The first kappa shape index (κ1) is 9.35. The van der Waals surface area contributed by atoms with Gasteiger partial charge in [0, 0.05) is 11.6 Å². The summed E-state index contributed by atoms with van der Waals surface area (Å²) in [4.78, 5) is 15.4. The van der Waals surface area contributed by atoms with Crippen LogP contribution in [0.3, 0.4) is 0 Å². The second-order valence-electron chi connectivity index (χ2n) is 3.17. The number of hydrogen-bond donors (Lipinski definition) is 0. The van der Waals surface area contributed by atoms with Crippen LogP contribution in [0.25, 0.3) is 10.8 Å². The Balaban J connectivity index is 2.48. The Morgan fingerprint density at radius 1 is 1.33 bits per heavy atom. The van der Waals surface area contributed by atoms with Crippen molar-refractivity contribution in [1.29, 1.82) is 5.26 Å². The largest absolute Gasteiger partial charge is 0.291 e. The van der Waals surface area contributed by atoms with E-state index in [1.807, 2.05) is 30.3 Å². The van der Waals surface area contributed by atoms with E-state index in [4.69, 9.17) is 5.26 Å². The van der Waals surface area contributed by atoms with Crippen LogP contribution in [0, 0.1) is 11.3 Å². The Labute approximate surface area is 87.0 Å². The monoisotopic (exact) mass is 196 g/mol. The van der Waals surface area contributed by atoms with Crippen LogP contribution in [0.1, 0.15) is 16.9 Å². The van der Waals surface area contributed by atoms with E-state index in [2.05, 4.69) is 4.98 Å². The zero-order valence-corrected chi connectivity index (χ0v) is 7.97. The highest BCUT2D eigenvalue weighted by Crippen LogP contribution is 2.13. The zero-order chi connectivity index (χ0) is 10.7. The van der Waals surface area contributed by atoms with Crippen LogP contribution in [0.2, 0.25) is 0 Å². The normalized spacial score (nSPS) is 9.80. The van der Waals surface area contributed by atoms with Crippen LogP contribution < -0.4 is 0 Å². The molecule has 0 aliphatic heterocycles. The lowest BCUT2D eigenvalue weighted by Crippen LogP contribution is -2.00. The summed E-state index contributed by atoms with van der Waals surface area (Å²) >= 11 is 0. The molecule has 0 atom stereocenters. The summed E-state index contributed by atoms with van der Waals surface area (Å²) < 4.78 is 0. The molecule has 1 aromatic carbocycles. The maximum Gasteiger partial charge on any atom is 0.195 e. The van der Waals surface area contributed by atoms with Crippen LogP contribution in [0.4, 0.5) is 0 Å².